The molecule has 0 saturated carbocycles. The molecule has 0 amide bonds. The lowest BCUT2D eigenvalue weighted by Gasteiger charge is -2.19. The van der Waals surface area contributed by atoms with Crippen LogP contribution in [-0.2, 0) is 51.0 Å². The number of hydrogen-bond acceptors (Lipinski definition) is 8. The molecule has 43 heavy (non-hydrogen) atoms. The molecule has 0 radical (unpaired) electrons. The smallest absolute Gasteiger partial charge is 0.330 e. The van der Waals surface area contributed by atoms with Gasteiger partial charge in [-0.1, -0.05) is 74.1 Å². The molecule has 8 nitrogen and oxygen atoms in total. The Balaban J connectivity index is 2.26. The largest absolute Gasteiger partial charge is 0.460 e. The predicted octanol–water partition coefficient (Wildman–Crippen LogP) is 6.48. The quantitative estimate of drug-likeness (QED) is 0.0610. The van der Waals surface area contributed by atoms with Gasteiger partial charge in [-0.25, -0.2) is 9.59 Å². The third kappa shape index (κ3) is 21.3. The summed E-state index contributed by atoms with van der Waals surface area (Å²) >= 11 is 0. The number of hydrogen-bond donors (Lipinski definition) is 0. The number of carbonyl (C=O) groups excluding carboxylic acids is 2. The molecule has 8 heteroatoms. The molecule has 0 aromatic heterocycles. The Kier molecular flexibility index (Phi) is 21.6. The molecule has 4 unspecified atom stereocenters. The van der Waals surface area contributed by atoms with Crippen molar-refractivity contribution in [2.45, 2.75) is 91.8 Å². The molecule has 1 aromatic rings. The van der Waals surface area contributed by atoms with Crippen molar-refractivity contribution in [3.63, 3.8) is 0 Å². The second-order valence-corrected chi connectivity index (χ2v) is 10.4. The van der Waals surface area contributed by atoms with Crippen LogP contribution in [0.5, 0.6) is 0 Å². The first-order valence-corrected chi connectivity index (χ1v) is 15.2. The second-order valence-electron chi connectivity index (χ2n) is 10.4. The minimum Gasteiger partial charge on any atom is -0.460 e. The number of benzene rings is 1. The van der Waals surface area contributed by atoms with Crippen molar-refractivity contribution in [3.05, 3.63) is 84.0 Å². The van der Waals surface area contributed by atoms with Gasteiger partial charge in [-0.3, -0.25) is 0 Å². The summed E-state index contributed by atoms with van der Waals surface area (Å²) in [5, 5.41) is 0. The van der Waals surface area contributed by atoms with Crippen LogP contribution in [0, 0.1) is 0 Å². The molecule has 0 spiro atoms. The van der Waals surface area contributed by atoms with E-state index in [1.165, 1.54) is 12.2 Å². The number of allylic oxidation sites excluding steroid dienone is 6. The summed E-state index contributed by atoms with van der Waals surface area (Å²) in [5.74, 6) is -0.815. The van der Waals surface area contributed by atoms with Crippen molar-refractivity contribution in [1.29, 1.82) is 0 Å². The van der Waals surface area contributed by atoms with E-state index in [9.17, 15) is 9.59 Å². The standard InChI is InChI=1S/C35H52O8/c1-7-9-12-19-34(36)43-26-31(6)41-27-33-18-15-17-32(22-33)16-13-11-14-20-35(37)42-25-30(5)40-24-29(4)39-23-28(3)38-21-10-8-2/h7,9,11-15,17-20,22,28-31H,8,10,16,21,23-27H2,1-6H3/b9-7+,13-11+,19-12+,20-14+. The normalized spacial score (nSPS) is 14.9. The van der Waals surface area contributed by atoms with E-state index in [-0.39, 0.29) is 37.6 Å². The Morgan fingerprint density at radius 2 is 1.28 bits per heavy atom. The number of ether oxygens (including phenoxy) is 6. The molecule has 4 atom stereocenters. The van der Waals surface area contributed by atoms with Crippen LogP contribution in [0.2, 0.25) is 0 Å². The second kappa shape index (κ2) is 24.4. The predicted molar refractivity (Wildman–Crippen MR) is 170 cm³/mol. The topological polar surface area (TPSA) is 89.5 Å². The summed E-state index contributed by atoms with van der Waals surface area (Å²) in [7, 11) is 0. The van der Waals surface area contributed by atoms with E-state index in [0.717, 1.165) is 30.6 Å². The van der Waals surface area contributed by atoms with Gasteiger partial charge >= 0.3 is 11.9 Å². The average Bonchev–Trinajstić information content (AvgIpc) is 3.00. The zero-order chi connectivity index (χ0) is 31.7. The first-order valence-electron chi connectivity index (χ1n) is 15.2. The van der Waals surface area contributed by atoms with Gasteiger partial charge in [0.1, 0.15) is 13.2 Å². The third-order valence-electron chi connectivity index (χ3n) is 5.95. The zero-order valence-corrected chi connectivity index (χ0v) is 26.9. The summed E-state index contributed by atoms with van der Waals surface area (Å²) in [4.78, 5) is 23.7. The van der Waals surface area contributed by atoms with Gasteiger partial charge in [0.05, 0.1) is 44.2 Å². The summed E-state index contributed by atoms with van der Waals surface area (Å²) in [6.07, 6.45) is 15.8. The van der Waals surface area contributed by atoms with E-state index in [4.69, 9.17) is 28.4 Å². The van der Waals surface area contributed by atoms with E-state index in [0.29, 0.717) is 26.2 Å². The molecule has 0 bridgehead atoms. The highest BCUT2D eigenvalue weighted by molar-refractivity contribution is 5.82. The lowest BCUT2D eigenvalue weighted by Crippen LogP contribution is -2.27. The molecular weight excluding hydrogens is 548 g/mol. The lowest BCUT2D eigenvalue weighted by molar-refractivity contribution is -0.143. The fraction of sp³-hybridized carbons (Fsp3) is 0.543. The maximum atomic E-state index is 12.0. The van der Waals surface area contributed by atoms with Gasteiger partial charge in [-0.05, 0) is 58.6 Å². The summed E-state index contributed by atoms with van der Waals surface area (Å²) in [6.45, 7) is 14.1. The van der Waals surface area contributed by atoms with Crippen molar-refractivity contribution in [3.8, 4) is 0 Å². The molecular formula is C35H52O8. The van der Waals surface area contributed by atoms with Crippen molar-refractivity contribution in [2.75, 3.05) is 33.0 Å². The highest BCUT2D eigenvalue weighted by Crippen LogP contribution is 2.10. The van der Waals surface area contributed by atoms with E-state index in [2.05, 4.69) is 13.0 Å². The van der Waals surface area contributed by atoms with Gasteiger partial charge in [-0.2, -0.15) is 0 Å². The van der Waals surface area contributed by atoms with Crippen molar-refractivity contribution in [1.82, 2.24) is 0 Å². The van der Waals surface area contributed by atoms with Crippen molar-refractivity contribution in [2.24, 2.45) is 0 Å². The highest BCUT2D eigenvalue weighted by atomic mass is 16.6. The van der Waals surface area contributed by atoms with Gasteiger partial charge in [0, 0.05) is 18.8 Å². The van der Waals surface area contributed by atoms with Gasteiger partial charge in [0.2, 0.25) is 0 Å². The van der Waals surface area contributed by atoms with Crippen LogP contribution in [0.3, 0.4) is 0 Å². The van der Waals surface area contributed by atoms with Crippen molar-refractivity contribution >= 4 is 11.9 Å². The van der Waals surface area contributed by atoms with Crippen LogP contribution in [0.4, 0.5) is 0 Å². The Morgan fingerprint density at radius 3 is 1.91 bits per heavy atom. The Bertz CT molecular complexity index is 1010. The number of unbranched alkanes of at least 4 members (excludes halogenated alkanes) is 1. The van der Waals surface area contributed by atoms with Gasteiger partial charge in [-0.15, -0.1) is 0 Å². The molecule has 0 N–H and O–H groups in total. The molecule has 0 heterocycles. The van der Waals surface area contributed by atoms with Crippen LogP contribution in [0.15, 0.2) is 72.9 Å². The first kappa shape index (κ1) is 38.0. The fourth-order valence-corrected chi connectivity index (χ4v) is 3.46. The summed E-state index contributed by atoms with van der Waals surface area (Å²) in [6, 6.07) is 8.07. The van der Waals surface area contributed by atoms with E-state index in [1.807, 2.05) is 71.0 Å². The minimum atomic E-state index is -0.421. The zero-order valence-electron chi connectivity index (χ0n) is 26.9. The van der Waals surface area contributed by atoms with Gasteiger partial charge in [0.25, 0.3) is 0 Å². The minimum absolute atomic E-state index is 0.0500. The highest BCUT2D eigenvalue weighted by Gasteiger charge is 2.11. The van der Waals surface area contributed by atoms with E-state index in [1.54, 1.807) is 18.2 Å². The molecule has 0 aliphatic carbocycles. The van der Waals surface area contributed by atoms with Crippen LogP contribution < -0.4 is 0 Å². The van der Waals surface area contributed by atoms with Gasteiger partial charge in [0.15, 0.2) is 0 Å². The van der Waals surface area contributed by atoms with Crippen LogP contribution in [0.1, 0.15) is 65.5 Å². The number of carbonyl (C=O) groups is 2. The van der Waals surface area contributed by atoms with E-state index >= 15 is 0 Å². The van der Waals surface area contributed by atoms with Crippen LogP contribution >= 0.6 is 0 Å². The van der Waals surface area contributed by atoms with Crippen molar-refractivity contribution < 1.29 is 38.0 Å². The van der Waals surface area contributed by atoms with Gasteiger partial charge < -0.3 is 28.4 Å². The SMILES string of the molecule is C/C=C/C=C/C(=O)OCC(C)OCc1cccc(C/C=C/C=C/C(=O)OCC(C)OCC(C)OCC(C)OCCCC)c1. The lowest BCUT2D eigenvalue weighted by atomic mass is 10.1. The van der Waals surface area contributed by atoms with E-state index < -0.39 is 11.9 Å². The average molecular weight is 601 g/mol. The Labute approximate surface area is 258 Å². The molecule has 240 valence electrons. The number of rotatable bonds is 23. The first-order chi connectivity index (χ1) is 20.7. The maximum absolute atomic E-state index is 12.0. The molecule has 0 fully saturated rings. The fourth-order valence-electron chi connectivity index (χ4n) is 3.46. The number of esters is 2. The summed E-state index contributed by atoms with van der Waals surface area (Å²) in [5.41, 5.74) is 2.14. The summed E-state index contributed by atoms with van der Waals surface area (Å²) < 4.78 is 33.5. The van der Waals surface area contributed by atoms with Crippen LogP contribution in [0.25, 0.3) is 0 Å². The Hall–Kier alpha value is -3.04. The molecule has 0 aliphatic heterocycles. The van der Waals surface area contributed by atoms with Crippen LogP contribution in [-0.4, -0.2) is 69.4 Å². The Morgan fingerprint density at radius 1 is 0.721 bits per heavy atom. The molecule has 0 saturated heterocycles. The monoisotopic (exact) mass is 600 g/mol. The molecule has 1 rings (SSSR count). The molecule has 1 aromatic carbocycles. The molecule has 0 aliphatic rings. The maximum Gasteiger partial charge on any atom is 0.330 e. The third-order valence-corrected chi connectivity index (χ3v) is 5.95.